The summed E-state index contributed by atoms with van der Waals surface area (Å²) in [5.41, 5.74) is 8.67. The molecule has 0 saturated carbocycles. The summed E-state index contributed by atoms with van der Waals surface area (Å²) in [5, 5.41) is 10.9. The minimum absolute atomic E-state index is 0.340. The maximum atomic E-state index is 14.4. The molecule has 0 bridgehead atoms. The molecule has 1 fully saturated rings. The Bertz CT molecular complexity index is 2180. The van der Waals surface area contributed by atoms with Gasteiger partial charge < -0.3 is 19.4 Å². The molecule has 0 radical (unpaired) electrons. The molecule has 0 atom stereocenters. The van der Waals surface area contributed by atoms with E-state index < -0.39 is 0 Å². The van der Waals surface area contributed by atoms with Crippen LogP contribution >= 0.6 is 0 Å². The van der Waals surface area contributed by atoms with E-state index in [0.29, 0.717) is 12.4 Å². The highest BCUT2D eigenvalue weighted by Gasteiger charge is 2.34. The van der Waals surface area contributed by atoms with Gasteiger partial charge in [-0.05, 0) is 59.2 Å². The minimum Gasteiger partial charge on any atom is -0.497 e. The normalized spacial score (nSPS) is 13.6. The zero-order valence-corrected chi connectivity index (χ0v) is 23.3. The number of allylic oxidation sites excluding steroid dienone is 1. The second-order valence-corrected chi connectivity index (χ2v) is 10.6. The molecule has 8 heteroatoms. The van der Waals surface area contributed by atoms with Crippen LogP contribution in [0.25, 0.3) is 50.9 Å². The number of aromatic nitrogens is 4. The number of hydrogen-bond acceptors (Lipinski definition) is 5. The van der Waals surface area contributed by atoms with Crippen LogP contribution in [0.1, 0.15) is 11.1 Å². The van der Waals surface area contributed by atoms with Gasteiger partial charge in [0.25, 0.3) is 0 Å². The molecule has 0 spiro atoms. The van der Waals surface area contributed by atoms with Gasteiger partial charge in [0.15, 0.2) is 0 Å². The fourth-order valence-corrected chi connectivity index (χ4v) is 5.78. The van der Waals surface area contributed by atoms with Gasteiger partial charge in [-0.25, -0.2) is 4.39 Å². The lowest BCUT2D eigenvalue weighted by Crippen LogP contribution is -2.24. The van der Waals surface area contributed by atoms with E-state index in [1.54, 1.807) is 13.3 Å². The minimum atomic E-state index is -0.340. The molecule has 210 valence electrons. The van der Waals surface area contributed by atoms with Crippen molar-refractivity contribution in [3.05, 3.63) is 125 Å². The van der Waals surface area contributed by atoms with Crippen LogP contribution in [-0.4, -0.2) is 38.7 Å². The van der Waals surface area contributed by atoms with Crippen molar-refractivity contribution in [2.24, 2.45) is 0 Å². The second-order valence-electron chi connectivity index (χ2n) is 10.6. The van der Waals surface area contributed by atoms with Crippen molar-refractivity contribution < 1.29 is 13.9 Å². The fourth-order valence-electron chi connectivity index (χ4n) is 5.78. The zero-order valence-electron chi connectivity index (χ0n) is 23.3. The number of fused-ring (bicyclic) bond motifs is 3. The van der Waals surface area contributed by atoms with Gasteiger partial charge in [0.1, 0.15) is 29.6 Å². The van der Waals surface area contributed by atoms with Crippen LogP contribution in [0, 0.1) is 5.82 Å². The van der Waals surface area contributed by atoms with E-state index in [2.05, 4.69) is 38.2 Å². The predicted octanol–water partition coefficient (Wildman–Crippen LogP) is 5.61. The van der Waals surface area contributed by atoms with Gasteiger partial charge >= 0.3 is 0 Å². The van der Waals surface area contributed by atoms with Crippen LogP contribution in [-0.2, 0) is 6.61 Å². The summed E-state index contributed by atoms with van der Waals surface area (Å²) in [6.07, 6.45) is 7.77. The first-order valence-electron chi connectivity index (χ1n) is 14.0. The highest BCUT2D eigenvalue weighted by Crippen LogP contribution is 2.38. The van der Waals surface area contributed by atoms with E-state index in [0.717, 1.165) is 73.1 Å². The standard InChI is InChI=1S/C35H26FN5O2/c1-42-25-13-22(12-24(36)15-25)27-8-5-9-29-28(27)16-31(38-29)35-34-30(39-40-35)10-11-32(41-19-33(34)41)23-14-26(18-37-17-23)43-20-21-6-3-2-4-7-21/h2-18,38-39H,19-20H2,1H3. The van der Waals surface area contributed by atoms with E-state index in [1.807, 2.05) is 66.9 Å². The molecular formula is C35H26FN5O2. The van der Waals surface area contributed by atoms with Gasteiger partial charge in [0.05, 0.1) is 47.5 Å². The first-order valence-corrected chi connectivity index (χ1v) is 14.0. The van der Waals surface area contributed by atoms with E-state index in [4.69, 9.17) is 14.6 Å². The first kappa shape index (κ1) is 25.1. The Morgan fingerprint density at radius 1 is 0.907 bits per heavy atom. The van der Waals surface area contributed by atoms with E-state index >= 15 is 0 Å². The molecule has 0 amide bonds. The molecule has 2 aliphatic rings. The van der Waals surface area contributed by atoms with Gasteiger partial charge in [-0.15, -0.1) is 0 Å². The molecule has 5 heterocycles. The lowest BCUT2D eigenvalue weighted by molar-refractivity contribution is 0.305. The molecular weight excluding hydrogens is 541 g/mol. The SMILES string of the molecule is COc1cc(F)cc(-c2cccc3[nH]c(-c4n[nH]c5c4=C4CN4C(c4cncc(OCc6ccccc6)c4)=CC=5)cc23)c1. The third-order valence-corrected chi connectivity index (χ3v) is 7.91. The smallest absolute Gasteiger partial charge is 0.138 e. The Labute approximate surface area is 246 Å². The lowest BCUT2D eigenvalue weighted by atomic mass is 10.0. The maximum absolute atomic E-state index is 14.4. The zero-order chi connectivity index (χ0) is 28.9. The molecule has 6 aromatic rings. The van der Waals surface area contributed by atoms with Crippen LogP contribution in [0.3, 0.4) is 0 Å². The average Bonchev–Trinajstić information content (AvgIpc) is 3.53. The van der Waals surface area contributed by atoms with Crippen LogP contribution in [0.2, 0.25) is 0 Å². The van der Waals surface area contributed by atoms with E-state index in [9.17, 15) is 4.39 Å². The summed E-state index contributed by atoms with van der Waals surface area (Å²) in [4.78, 5) is 10.3. The van der Waals surface area contributed by atoms with E-state index in [1.165, 1.54) is 17.8 Å². The number of H-pyrrole nitrogens is 2. The molecule has 2 N–H and O–H groups in total. The van der Waals surface area contributed by atoms with Crippen molar-refractivity contribution in [3.63, 3.8) is 0 Å². The van der Waals surface area contributed by atoms with Crippen LogP contribution in [0.4, 0.5) is 4.39 Å². The molecule has 7 nitrogen and oxygen atoms in total. The van der Waals surface area contributed by atoms with Crippen LogP contribution in [0.15, 0.2) is 97.3 Å². The van der Waals surface area contributed by atoms with Crippen molar-refractivity contribution in [3.8, 4) is 34.0 Å². The molecule has 0 aliphatic carbocycles. The number of ether oxygens (including phenoxy) is 2. The molecule has 1 saturated heterocycles. The summed E-state index contributed by atoms with van der Waals surface area (Å²) in [7, 11) is 1.54. The summed E-state index contributed by atoms with van der Waals surface area (Å²) < 4.78 is 25.7. The summed E-state index contributed by atoms with van der Waals surface area (Å²) in [6.45, 7) is 1.28. The van der Waals surface area contributed by atoms with Crippen molar-refractivity contribution >= 4 is 28.4 Å². The second kappa shape index (κ2) is 10.0. The molecule has 3 aromatic heterocycles. The number of aromatic amines is 2. The molecule has 3 aromatic carbocycles. The monoisotopic (exact) mass is 567 g/mol. The third-order valence-electron chi connectivity index (χ3n) is 7.91. The van der Waals surface area contributed by atoms with E-state index in [-0.39, 0.29) is 5.82 Å². The number of halogens is 1. The summed E-state index contributed by atoms with van der Waals surface area (Å²) in [5.74, 6) is 0.862. The number of hydrogen-bond donors (Lipinski definition) is 2. The molecule has 43 heavy (non-hydrogen) atoms. The third kappa shape index (κ3) is 4.53. The predicted molar refractivity (Wildman–Crippen MR) is 165 cm³/mol. The van der Waals surface area contributed by atoms with Gasteiger partial charge in [-0.2, -0.15) is 5.10 Å². The van der Waals surface area contributed by atoms with Gasteiger partial charge in [-0.1, -0.05) is 42.5 Å². The number of pyridine rings is 1. The first-order chi connectivity index (χ1) is 21.1. The highest BCUT2D eigenvalue weighted by molar-refractivity contribution is 5.98. The number of nitrogens with one attached hydrogen (secondary N) is 2. The van der Waals surface area contributed by atoms with Crippen molar-refractivity contribution in [2.45, 2.75) is 6.61 Å². The molecule has 8 rings (SSSR count). The van der Waals surface area contributed by atoms with Gasteiger partial charge in [-0.3, -0.25) is 10.1 Å². The van der Waals surface area contributed by atoms with Crippen LogP contribution < -0.4 is 20.0 Å². The van der Waals surface area contributed by atoms with Gasteiger partial charge in [0, 0.05) is 28.7 Å². The summed E-state index contributed by atoms with van der Waals surface area (Å²) in [6, 6.07) is 25.0. The number of rotatable bonds is 7. The van der Waals surface area contributed by atoms with Crippen molar-refractivity contribution in [1.82, 2.24) is 25.1 Å². The van der Waals surface area contributed by atoms with Crippen LogP contribution in [0.5, 0.6) is 11.5 Å². The maximum Gasteiger partial charge on any atom is 0.138 e. The Hall–Kier alpha value is -5.63. The topological polar surface area (TPSA) is 78.8 Å². The average molecular weight is 568 g/mol. The molecule has 0 unspecified atom stereocenters. The Balaban J connectivity index is 1.13. The summed E-state index contributed by atoms with van der Waals surface area (Å²) >= 11 is 0. The molecule has 2 aliphatic heterocycles. The van der Waals surface area contributed by atoms with Crippen molar-refractivity contribution in [2.75, 3.05) is 13.7 Å². The largest absolute Gasteiger partial charge is 0.497 e. The number of nitrogens with zero attached hydrogens (tertiary/aromatic N) is 3. The Kier molecular flexibility index (Phi) is 5.85. The highest BCUT2D eigenvalue weighted by atomic mass is 19.1. The number of benzene rings is 3. The fraction of sp³-hybridized carbons (Fsp3) is 0.0857. The van der Waals surface area contributed by atoms with Gasteiger partial charge in [0.2, 0.25) is 0 Å². The lowest BCUT2D eigenvalue weighted by Gasteiger charge is -2.11. The Morgan fingerprint density at radius 2 is 1.79 bits per heavy atom. The van der Waals surface area contributed by atoms with Crippen molar-refractivity contribution in [1.29, 1.82) is 0 Å². The Morgan fingerprint density at radius 3 is 2.67 bits per heavy atom. The number of methoxy groups -OCH3 is 1. The quantitative estimate of drug-likeness (QED) is 0.246.